The van der Waals surface area contributed by atoms with Crippen molar-refractivity contribution in [3.05, 3.63) is 134 Å². The molecule has 0 heterocycles. The summed E-state index contributed by atoms with van der Waals surface area (Å²) < 4.78 is 16.9. The highest BCUT2D eigenvalue weighted by Gasteiger charge is 2.19. The molecule has 0 N–H and O–H groups in total. The summed E-state index contributed by atoms with van der Waals surface area (Å²) in [7, 11) is 0. The molecule has 0 saturated carbocycles. The average Bonchev–Trinajstić information content (AvgIpc) is 3.47. The molecule has 1 atom stereocenters. The van der Waals surface area contributed by atoms with E-state index >= 15 is 0 Å². The fraction of sp³-hybridized carbons (Fsp3) is 0.671. The Balaban J connectivity index is 4.47. The molecule has 0 aromatic carbocycles. The van der Waals surface area contributed by atoms with E-state index in [0.29, 0.717) is 19.3 Å². The van der Waals surface area contributed by atoms with Crippen molar-refractivity contribution in [1.29, 1.82) is 0 Å². The maximum absolute atomic E-state index is 12.9. The zero-order chi connectivity index (χ0) is 59.2. The topological polar surface area (TPSA) is 78.9 Å². The number of hydrogen-bond donors (Lipinski definition) is 0. The maximum atomic E-state index is 12.9. The number of unbranched alkanes of at least 4 members (excludes halogenated alkanes) is 28. The Morgan fingerprint density at radius 3 is 0.805 bits per heavy atom. The first-order valence-corrected chi connectivity index (χ1v) is 34.2. The van der Waals surface area contributed by atoms with Crippen molar-refractivity contribution in [1.82, 2.24) is 0 Å². The predicted octanol–water partition coefficient (Wildman–Crippen LogP) is 23.7. The second-order valence-electron chi connectivity index (χ2n) is 22.4. The SMILES string of the molecule is CC/C=C\C/C=C\C/C=C\C/C=C\C/C=C\C/C=C\C/C=C\C/C=C\C/C=C\CCCC(=O)OCC(COC(=O)CCCCCCC/C=C\C/C=C\CCCCCC)OC(=O)CCCCCCCCCCCCCCCCCCCCC. The molecule has 0 aliphatic heterocycles. The third-order valence-corrected chi connectivity index (χ3v) is 14.4. The van der Waals surface area contributed by atoms with Crippen LogP contribution in [0.1, 0.15) is 310 Å². The van der Waals surface area contributed by atoms with Crippen LogP contribution in [0.25, 0.3) is 0 Å². The second-order valence-corrected chi connectivity index (χ2v) is 22.4. The summed E-state index contributed by atoms with van der Waals surface area (Å²) in [5.74, 6) is -0.970. The fourth-order valence-corrected chi connectivity index (χ4v) is 9.30. The minimum atomic E-state index is -0.812. The average molecular weight is 1140 g/mol. The fourth-order valence-electron chi connectivity index (χ4n) is 9.30. The summed E-state index contributed by atoms with van der Waals surface area (Å²) in [4.78, 5) is 38.4. The van der Waals surface area contributed by atoms with Gasteiger partial charge in [-0.05, 0) is 116 Å². The summed E-state index contributed by atoms with van der Waals surface area (Å²) in [6.45, 7) is 6.48. The van der Waals surface area contributed by atoms with E-state index < -0.39 is 6.10 Å². The number of allylic oxidation sites excluding steroid dienone is 22. The lowest BCUT2D eigenvalue weighted by atomic mass is 10.0. The molecule has 466 valence electrons. The van der Waals surface area contributed by atoms with Crippen molar-refractivity contribution in [2.24, 2.45) is 0 Å². The zero-order valence-corrected chi connectivity index (χ0v) is 53.5. The summed E-state index contributed by atoms with van der Waals surface area (Å²) in [6.07, 6.45) is 97.5. The quantitative estimate of drug-likeness (QED) is 0.0261. The van der Waals surface area contributed by atoms with Gasteiger partial charge in [0.2, 0.25) is 0 Å². The summed E-state index contributed by atoms with van der Waals surface area (Å²) in [5, 5.41) is 0. The van der Waals surface area contributed by atoms with Gasteiger partial charge in [0.25, 0.3) is 0 Å². The lowest BCUT2D eigenvalue weighted by Crippen LogP contribution is -2.30. The minimum Gasteiger partial charge on any atom is -0.462 e. The van der Waals surface area contributed by atoms with Crippen molar-refractivity contribution < 1.29 is 28.6 Å². The molecular weight excluding hydrogens is 1010 g/mol. The van der Waals surface area contributed by atoms with E-state index in [2.05, 4.69) is 154 Å². The molecule has 0 aliphatic rings. The summed E-state index contributed by atoms with van der Waals surface area (Å²) in [6, 6.07) is 0. The van der Waals surface area contributed by atoms with E-state index in [1.165, 1.54) is 135 Å². The molecule has 1 unspecified atom stereocenters. The van der Waals surface area contributed by atoms with E-state index in [4.69, 9.17) is 14.2 Å². The van der Waals surface area contributed by atoms with Gasteiger partial charge in [-0.3, -0.25) is 14.4 Å². The van der Waals surface area contributed by atoms with Crippen LogP contribution in [0.4, 0.5) is 0 Å². The Kier molecular flexibility index (Phi) is 65.3. The first kappa shape index (κ1) is 77.5. The van der Waals surface area contributed by atoms with Gasteiger partial charge in [0, 0.05) is 19.3 Å². The standard InChI is InChI=1S/C76H126O6/c1-4-7-10-13-16-19-22-25-28-31-33-34-35-36-37-38-39-40-41-42-44-45-48-51-54-57-60-63-66-69-75(78)81-72-73(71-80-74(77)68-65-62-59-56-53-50-47-30-27-24-21-18-15-12-9-6-3)82-76(79)70-67-64-61-58-55-52-49-46-43-32-29-26-23-20-17-14-11-8-5-2/h7,10,16,19,21,24-25,28,30,33-34,36-37,39-40,42,44,47-48,51,57,60,73H,4-6,8-9,11-15,17-18,20,22-23,26-27,29,31-32,35,38,41,43,45-46,49-50,52-56,58-59,61-72H2,1-3H3/b10-7-,19-16-,24-21-,28-25-,34-33-,37-36-,40-39-,44-42-,47-30-,51-48-,60-57-. The molecule has 6 nitrogen and oxygen atoms in total. The normalized spacial score (nSPS) is 13.0. The molecule has 6 heteroatoms. The highest BCUT2D eigenvalue weighted by atomic mass is 16.6. The molecule has 0 amide bonds. The largest absolute Gasteiger partial charge is 0.462 e. The Labute approximate surface area is 506 Å². The van der Waals surface area contributed by atoms with Gasteiger partial charge in [0.05, 0.1) is 0 Å². The number of carbonyl (C=O) groups excluding carboxylic acids is 3. The van der Waals surface area contributed by atoms with Crippen LogP contribution < -0.4 is 0 Å². The van der Waals surface area contributed by atoms with Gasteiger partial charge in [0.1, 0.15) is 13.2 Å². The van der Waals surface area contributed by atoms with E-state index in [1.54, 1.807) is 0 Å². The smallest absolute Gasteiger partial charge is 0.306 e. The van der Waals surface area contributed by atoms with E-state index in [-0.39, 0.29) is 37.5 Å². The molecule has 0 aliphatic carbocycles. The molecule has 0 aromatic heterocycles. The second kappa shape index (κ2) is 69.0. The Hall–Kier alpha value is -4.45. The number of esters is 3. The van der Waals surface area contributed by atoms with Gasteiger partial charge in [-0.15, -0.1) is 0 Å². The lowest BCUT2D eigenvalue weighted by Gasteiger charge is -2.18. The highest BCUT2D eigenvalue weighted by Crippen LogP contribution is 2.16. The molecular formula is C76H126O6. The first-order chi connectivity index (χ1) is 40.5. The molecule has 0 radical (unpaired) electrons. The van der Waals surface area contributed by atoms with E-state index in [0.717, 1.165) is 128 Å². The van der Waals surface area contributed by atoms with Crippen LogP contribution in [0.15, 0.2) is 134 Å². The van der Waals surface area contributed by atoms with Gasteiger partial charge in [-0.2, -0.15) is 0 Å². The van der Waals surface area contributed by atoms with Crippen LogP contribution in [-0.4, -0.2) is 37.2 Å². The van der Waals surface area contributed by atoms with Gasteiger partial charge in [0.15, 0.2) is 6.10 Å². The van der Waals surface area contributed by atoms with Crippen LogP contribution in [0.2, 0.25) is 0 Å². The maximum Gasteiger partial charge on any atom is 0.306 e. The lowest BCUT2D eigenvalue weighted by molar-refractivity contribution is -0.167. The first-order valence-electron chi connectivity index (χ1n) is 34.2. The Bertz CT molecular complexity index is 1730. The third-order valence-electron chi connectivity index (χ3n) is 14.4. The molecule has 0 saturated heterocycles. The Morgan fingerprint density at radius 2 is 0.488 bits per heavy atom. The molecule has 0 spiro atoms. The van der Waals surface area contributed by atoms with Gasteiger partial charge in [-0.25, -0.2) is 0 Å². The van der Waals surface area contributed by atoms with Crippen molar-refractivity contribution in [3.8, 4) is 0 Å². The van der Waals surface area contributed by atoms with Gasteiger partial charge >= 0.3 is 17.9 Å². The minimum absolute atomic E-state index is 0.104. The van der Waals surface area contributed by atoms with Gasteiger partial charge < -0.3 is 14.2 Å². The van der Waals surface area contributed by atoms with Crippen LogP contribution in [0.5, 0.6) is 0 Å². The molecule has 0 rings (SSSR count). The predicted molar refractivity (Wildman–Crippen MR) is 357 cm³/mol. The van der Waals surface area contributed by atoms with Crippen molar-refractivity contribution in [2.75, 3.05) is 13.2 Å². The molecule has 82 heavy (non-hydrogen) atoms. The molecule has 0 aromatic rings. The number of carbonyl (C=O) groups is 3. The number of ether oxygens (including phenoxy) is 3. The van der Waals surface area contributed by atoms with E-state index in [9.17, 15) is 14.4 Å². The molecule has 0 bridgehead atoms. The monoisotopic (exact) mass is 1130 g/mol. The zero-order valence-electron chi connectivity index (χ0n) is 53.5. The third kappa shape index (κ3) is 66.4. The summed E-state index contributed by atoms with van der Waals surface area (Å²) in [5.41, 5.74) is 0. The van der Waals surface area contributed by atoms with Gasteiger partial charge in [-0.1, -0.05) is 309 Å². The number of rotatable bonds is 61. The van der Waals surface area contributed by atoms with E-state index in [1.807, 2.05) is 0 Å². The molecule has 0 fully saturated rings. The van der Waals surface area contributed by atoms with Crippen molar-refractivity contribution in [2.45, 2.75) is 316 Å². The Morgan fingerprint density at radius 1 is 0.256 bits per heavy atom. The van der Waals surface area contributed by atoms with Crippen LogP contribution in [-0.2, 0) is 28.6 Å². The van der Waals surface area contributed by atoms with Crippen molar-refractivity contribution in [3.63, 3.8) is 0 Å². The highest BCUT2D eigenvalue weighted by molar-refractivity contribution is 5.71. The van der Waals surface area contributed by atoms with Crippen LogP contribution in [0, 0.1) is 0 Å². The summed E-state index contributed by atoms with van der Waals surface area (Å²) >= 11 is 0. The van der Waals surface area contributed by atoms with Crippen LogP contribution in [0.3, 0.4) is 0 Å². The number of hydrogen-bond acceptors (Lipinski definition) is 6. The van der Waals surface area contributed by atoms with Crippen molar-refractivity contribution >= 4 is 17.9 Å². The van der Waals surface area contributed by atoms with Crippen LogP contribution >= 0.6 is 0 Å².